The number of ether oxygens (including phenoxy) is 1. The number of benzene rings is 1. The quantitative estimate of drug-likeness (QED) is 0.799. The van der Waals surface area contributed by atoms with E-state index < -0.39 is 0 Å². The first-order chi connectivity index (χ1) is 8.08. The Morgan fingerprint density at radius 1 is 1.65 bits per heavy atom. The lowest BCUT2D eigenvalue weighted by atomic mass is 10.0. The van der Waals surface area contributed by atoms with Gasteiger partial charge in [0.25, 0.3) is 0 Å². The first kappa shape index (κ1) is 13.2. The lowest BCUT2D eigenvalue weighted by Crippen LogP contribution is -2.26. The minimum absolute atomic E-state index is 0.178. The molecule has 1 N–H and O–H groups in total. The number of carbonyl (C=O) groups excluding carboxylic acids is 1. The van der Waals surface area contributed by atoms with Crippen molar-refractivity contribution in [1.82, 2.24) is 5.32 Å². The largest absolute Gasteiger partial charge is 0.496 e. The van der Waals surface area contributed by atoms with Crippen LogP contribution in [0.3, 0.4) is 0 Å². The highest BCUT2D eigenvalue weighted by Gasteiger charge is 2.16. The van der Waals surface area contributed by atoms with E-state index in [-0.39, 0.29) is 17.8 Å². The van der Waals surface area contributed by atoms with Crippen molar-refractivity contribution in [2.24, 2.45) is 0 Å². The van der Waals surface area contributed by atoms with Gasteiger partial charge < -0.3 is 10.1 Å². The normalized spacial score (nSPS) is 11.7. The number of hydrogen-bond acceptors (Lipinski definition) is 2. The van der Waals surface area contributed by atoms with E-state index in [1.165, 1.54) is 26.2 Å². The maximum Gasteiger partial charge on any atom is 0.217 e. The lowest BCUT2D eigenvalue weighted by molar-refractivity contribution is -0.119. The number of nitrogens with one attached hydrogen (secondary N) is 1. The molecule has 0 aliphatic carbocycles. The van der Waals surface area contributed by atoms with Crippen LogP contribution in [0.25, 0.3) is 0 Å². The number of halogens is 1. The summed E-state index contributed by atoms with van der Waals surface area (Å²) in [5.41, 5.74) is 0.614. The summed E-state index contributed by atoms with van der Waals surface area (Å²) in [6.07, 6.45) is 2.18. The number of amides is 1. The molecule has 0 aliphatic rings. The predicted octanol–water partition coefficient (Wildman–Crippen LogP) is 2.59. The van der Waals surface area contributed by atoms with Crippen LogP contribution in [0.2, 0.25) is 0 Å². The van der Waals surface area contributed by atoms with Gasteiger partial charge in [0, 0.05) is 12.5 Å². The van der Waals surface area contributed by atoms with Gasteiger partial charge in [-0.25, -0.2) is 4.39 Å². The molecule has 0 radical (unpaired) electrons. The Balaban J connectivity index is 3.10. The van der Waals surface area contributed by atoms with Crippen molar-refractivity contribution in [2.75, 3.05) is 7.11 Å². The van der Waals surface area contributed by atoms with Crippen LogP contribution >= 0.6 is 0 Å². The molecule has 1 unspecified atom stereocenters. The van der Waals surface area contributed by atoms with Crippen LogP contribution in [-0.4, -0.2) is 13.0 Å². The number of methoxy groups -OCH3 is 1. The minimum atomic E-state index is -0.361. The third-order valence-electron chi connectivity index (χ3n) is 2.35. The molecule has 17 heavy (non-hydrogen) atoms. The second-order valence-corrected chi connectivity index (χ2v) is 3.66. The summed E-state index contributed by atoms with van der Waals surface area (Å²) in [6, 6.07) is 3.91. The monoisotopic (exact) mass is 237 g/mol. The van der Waals surface area contributed by atoms with Crippen molar-refractivity contribution in [1.29, 1.82) is 0 Å². The van der Waals surface area contributed by atoms with Crippen molar-refractivity contribution >= 4 is 5.91 Å². The molecule has 1 rings (SSSR count). The van der Waals surface area contributed by atoms with Crippen LogP contribution in [0, 0.1) is 5.82 Å². The second kappa shape index (κ2) is 6.03. The SMILES string of the molecule is C=CCC(NC(C)=O)c1cc(F)ccc1OC. The Morgan fingerprint density at radius 3 is 2.88 bits per heavy atom. The third-order valence-corrected chi connectivity index (χ3v) is 2.35. The fraction of sp³-hybridized carbons (Fsp3) is 0.308. The zero-order valence-corrected chi connectivity index (χ0v) is 10.00. The number of carbonyl (C=O) groups is 1. The molecule has 0 aromatic heterocycles. The fourth-order valence-corrected chi connectivity index (χ4v) is 1.65. The highest BCUT2D eigenvalue weighted by atomic mass is 19.1. The summed E-state index contributed by atoms with van der Waals surface area (Å²) in [4.78, 5) is 11.1. The van der Waals surface area contributed by atoms with Crippen molar-refractivity contribution < 1.29 is 13.9 Å². The maximum atomic E-state index is 13.2. The first-order valence-electron chi connectivity index (χ1n) is 5.30. The molecule has 1 atom stereocenters. The molecular formula is C13H16FNO2. The van der Waals surface area contributed by atoms with E-state index in [0.29, 0.717) is 17.7 Å². The van der Waals surface area contributed by atoms with Gasteiger partial charge in [0.15, 0.2) is 0 Å². The molecule has 92 valence electrons. The van der Waals surface area contributed by atoms with Crippen LogP contribution in [0.5, 0.6) is 5.75 Å². The summed E-state index contributed by atoms with van der Waals surface area (Å²) in [6.45, 7) is 5.04. The van der Waals surface area contributed by atoms with Crippen LogP contribution in [0.4, 0.5) is 4.39 Å². The van der Waals surface area contributed by atoms with Crippen molar-refractivity contribution in [2.45, 2.75) is 19.4 Å². The molecule has 0 heterocycles. The van der Waals surface area contributed by atoms with Gasteiger partial charge in [-0.15, -0.1) is 6.58 Å². The topological polar surface area (TPSA) is 38.3 Å². The zero-order chi connectivity index (χ0) is 12.8. The standard InChI is InChI=1S/C13H16FNO2/c1-4-5-12(15-9(2)16)11-8-10(14)6-7-13(11)17-3/h4,6-8,12H,1,5H2,2-3H3,(H,15,16). The molecule has 1 aromatic rings. The van der Waals surface area contributed by atoms with Crippen LogP contribution < -0.4 is 10.1 Å². The molecule has 0 fully saturated rings. The van der Waals surface area contributed by atoms with E-state index in [1.807, 2.05) is 0 Å². The maximum absolute atomic E-state index is 13.2. The second-order valence-electron chi connectivity index (χ2n) is 3.66. The Kier molecular flexibility index (Phi) is 4.69. The Bertz CT molecular complexity index is 418. The van der Waals surface area contributed by atoms with Gasteiger partial charge in [0.2, 0.25) is 5.91 Å². The van der Waals surface area contributed by atoms with Crippen LogP contribution in [0.1, 0.15) is 24.9 Å². The fourth-order valence-electron chi connectivity index (χ4n) is 1.65. The number of hydrogen-bond donors (Lipinski definition) is 1. The number of rotatable bonds is 5. The van der Waals surface area contributed by atoms with E-state index in [4.69, 9.17) is 4.74 Å². The zero-order valence-electron chi connectivity index (χ0n) is 10.00. The van der Waals surface area contributed by atoms with Gasteiger partial charge in [-0.05, 0) is 24.6 Å². The van der Waals surface area contributed by atoms with Crippen molar-refractivity contribution in [3.8, 4) is 5.75 Å². The first-order valence-corrected chi connectivity index (χ1v) is 5.30. The van der Waals surface area contributed by atoms with Gasteiger partial charge in [-0.1, -0.05) is 6.08 Å². The molecule has 0 saturated heterocycles. The van der Waals surface area contributed by atoms with Gasteiger partial charge in [0.05, 0.1) is 13.2 Å². The van der Waals surface area contributed by atoms with Crippen LogP contribution in [-0.2, 0) is 4.79 Å². The molecule has 0 aliphatic heterocycles. The van der Waals surface area contributed by atoms with Gasteiger partial charge >= 0.3 is 0 Å². The predicted molar refractivity (Wildman–Crippen MR) is 64.3 cm³/mol. The van der Waals surface area contributed by atoms with E-state index in [0.717, 1.165) is 0 Å². The Morgan fingerprint density at radius 2 is 2.35 bits per heavy atom. The van der Waals surface area contributed by atoms with E-state index in [1.54, 1.807) is 12.1 Å². The van der Waals surface area contributed by atoms with Gasteiger partial charge in [-0.3, -0.25) is 4.79 Å². The molecule has 3 nitrogen and oxygen atoms in total. The summed E-state index contributed by atoms with van der Waals surface area (Å²) in [7, 11) is 1.51. The van der Waals surface area contributed by atoms with Crippen molar-refractivity contribution in [3.63, 3.8) is 0 Å². The van der Waals surface area contributed by atoms with Gasteiger partial charge in [-0.2, -0.15) is 0 Å². The van der Waals surface area contributed by atoms with Crippen LogP contribution in [0.15, 0.2) is 30.9 Å². The van der Waals surface area contributed by atoms with E-state index in [9.17, 15) is 9.18 Å². The molecule has 1 aromatic carbocycles. The summed E-state index contributed by atoms with van der Waals surface area (Å²) in [5.74, 6) is 0.00961. The Labute approximate surface area is 100 Å². The van der Waals surface area contributed by atoms with Crippen molar-refractivity contribution in [3.05, 3.63) is 42.2 Å². The molecule has 4 heteroatoms. The van der Waals surface area contributed by atoms with E-state index in [2.05, 4.69) is 11.9 Å². The summed E-state index contributed by atoms with van der Waals surface area (Å²) >= 11 is 0. The average Bonchev–Trinajstić information content (AvgIpc) is 2.28. The smallest absolute Gasteiger partial charge is 0.217 e. The lowest BCUT2D eigenvalue weighted by Gasteiger charge is -2.19. The van der Waals surface area contributed by atoms with Gasteiger partial charge in [0.1, 0.15) is 11.6 Å². The molecule has 0 spiro atoms. The summed E-state index contributed by atoms with van der Waals surface area (Å²) in [5, 5.41) is 2.74. The highest BCUT2D eigenvalue weighted by molar-refractivity contribution is 5.73. The molecule has 1 amide bonds. The summed E-state index contributed by atoms with van der Waals surface area (Å²) < 4.78 is 18.4. The Hall–Kier alpha value is -1.84. The third kappa shape index (κ3) is 3.59. The van der Waals surface area contributed by atoms with E-state index >= 15 is 0 Å². The molecule has 0 bridgehead atoms. The molecule has 0 saturated carbocycles. The minimum Gasteiger partial charge on any atom is -0.496 e. The molecular weight excluding hydrogens is 221 g/mol. The average molecular weight is 237 g/mol. The highest BCUT2D eigenvalue weighted by Crippen LogP contribution is 2.28.